The molecule has 1 heterocycles. The van der Waals surface area contributed by atoms with Gasteiger partial charge in [0.05, 0.1) is 19.2 Å². The van der Waals surface area contributed by atoms with Gasteiger partial charge in [0.15, 0.2) is 5.75 Å². The van der Waals surface area contributed by atoms with Crippen molar-refractivity contribution in [3.05, 3.63) is 23.0 Å². The summed E-state index contributed by atoms with van der Waals surface area (Å²) >= 11 is 0. The Morgan fingerprint density at radius 3 is 2.27 bits per heavy atom. The van der Waals surface area contributed by atoms with Gasteiger partial charge >= 0.3 is 18.5 Å². The van der Waals surface area contributed by atoms with Crippen molar-refractivity contribution in [2.24, 2.45) is 5.73 Å². The van der Waals surface area contributed by atoms with Gasteiger partial charge in [0, 0.05) is 12.1 Å². The molecular formula is C11H10F6N2O3. The Kier molecular flexibility index (Phi) is 5.22. The minimum atomic E-state index is -5.18. The molecule has 0 radical (unpaired) electrons. The summed E-state index contributed by atoms with van der Waals surface area (Å²) in [4.78, 5) is 14.2. The van der Waals surface area contributed by atoms with Crippen LogP contribution in [0.3, 0.4) is 0 Å². The summed E-state index contributed by atoms with van der Waals surface area (Å²) in [5.74, 6) is -2.12. The number of pyridine rings is 1. The van der Waals surface area contributed by atoms with E-state index in [4.69, 9.17) is 5.73 Å². The molecule has 0 aliphatic rings. The van der Waals surface area contributed by atoms with E-state index in [2.05, 4.69) is 14.5 Å². The molecule has 11 heteroatoms. The molecule has 0 unspecified atom stereocenters. The van der Waals surface area contributed by atoms with E-state index in [9.17, 15) is 31.1 Å². The standard InChI is InChI=1S/C11H10F6N2O3/c1-21-8(20)3-6-9(22-11(15,16)17)5(4-18)2-7(19-6)10(12,13)14/h2H,3-4,18H2,1H3. The molecule has 1 rings (SSSR count). The lowest BCUT2D eigenvalue weighted by atomic mass is 10.1. The summed E-state index contributed by atoms with van der Waals surface area (Å²) in [6.07, 6.45) is -11.0. The average Bonchev–Trinajstić information content (AvgIpc) is 2.37. The number of carbonyl (C=O) groups is 1. The highest BCUT2D eigenvalue weighted by atomic mass is 19.4. The van der Waals surface area contributed by atoms with Crippen molar-refractivity contribution in [3.63, 3.8) is 0 Å². The van der Waals surface area contributed by atoms with Crippen molar-refractivity contribution in [1.82, 2.24) is 4.98 Å². The van der Waals surface area contributed by atoms with Gasteiger partial charge < -0.3 is 15.2 Å². The zero-order valence-corrected chi connectivity index (χ0v) is 11.0. The number of methoxy groups -OCH3 is 1. The predicted molar refractivity (Wildman–Crippen MR) is 59.5 cm³/mol. The molecule has 0 spiro atoms. The normalized spacial score (nSPS) is 12.2. The number of esters is 1. The van der Waals surface area contributed by atoms with Crippen LogP contribution >= 0.6 is 0 Å². The zero-order chi connectivity index (χ0) is 17.1. The highest BCUT2D eigenvalue weighted by molar-refractivity contribution is 5.73. The van der Waals surface area contributed by atoms with E-state index in [0.717, 1.165) is 7.11 Å². The topological polar surface area (TPSA) is 74.4 Å². The second-order valence-electron chi connectivity index (χ2n) is 3.95. The van der Waals surface area contributed by atoms with Crippen molar-refractivity contribution >= 4 is 5.97 Å². The second-order valence-corrected chi connectivity index (χ2v) is 3.95. The first-order valence-corrected chi connectivity index (χ1v) is 5.60. The number of nitrogens with two attached hydrogens (primary N) is 1. The third-order valence-corrected chi connectivity index (χ3v) is 2.39. The highest BCUT2D eigenvalue weighted by Gasteiger charge is 2.38. The van der Waals surface area contributed by atoms with Gasteiger partial charge in [0.2, 0.25) is 0 Å². The average molecular weight is 332 g/mol. The lowest BCUT2D eigenvalue weighted by Crippen LogP contribution is -2.23. The molecule has 0 saturated heterocycles. The Balaban J connectivity index is 3.46. The van der Waals surface area contributed by atoms with Crippen molar-refractivity contribution < 1.29 is 40.6 Å². The molecule has 0 fully saturated rings. The Morgan fingerprint density at radius 2 is 1.86 bits per heavy atom. The molecule has 1 aromatic rings. The van der Waals surface area contributed by atoms with Crippen LogP contribution in [0.2, 0.25) is 0 Å². The Morgan fingerprint density at radius 1 is 1.27 bits per heavy atom. The minimum Gasteiger partial charge on any atom is -0.469 e. The lowest BCUT2D eigenvalue weighted by molar-refractivity contribution is -0.275. The van der Waals surface area contributed by atoms with E-state index in [-0.39, 0.29) is 0 Å². The third-order valence-electron chi connectivity index (χ3n) is 2.39. The summed E-state index contributed by atoms with van der Waals surface area (Å²) in [5, 5.41) is 0. The summed E-state index contributed by atoms with van der Waals surface area (Å²) in [6, 6.07) is 0.335. The maximum Gasteiger partial charge on any atom is 0.573 e. The van der Waals surface area contributed by atoms with Crippen LogP contribution in [0.15, 0.2) is 6.07 Å². The SMILES string of the molecule is COC(=O)Cc1nc(C(F)(F)F)cc(CN)c1OC(F)(F)F. The van der Waals surface area contributed by atoms with Crippen molar-refractivity contribution in [1.29, 1.82) is 0 Å². The number of halogens is 6. The number of hydrogen-bond acceptors (Lipinski definition) is 5. The first-order valence-electron chi connectivity index (χ1n) is 5.60. The maximum atomic E-state index is 12.7. The summed E-state index contributed by atoms with van der Waals surface area (Å²) in [6.45, 7) is -0.675. The molecule has 0 aliphatic heterocycles. The van der Waals surface area contributed by atoms with Gasteiger partial charge in [-0.3, -0.25) is 4.79 Å². The second kappa shape index (κ2) is 6.38. The van der Waals surface area contributed by atoms with E-state index in [1.54, 1.807) is 0 Å². The summed E-state index contributed by atoms with van der Waals surface area (Å²) in [7, 11) is 0.921. The molecule has 1 aromatic heterocycles. The molecular weight excluding hydrogens is 322 g/mol. The van der Waals surface area contributed by atoms with Crippen LogP contribution in [0, 0.1) is 0 Å². The fraction of sp³-hybridized carbons (Fsp3) is 0.455. The van der Waals surface area contributed by atoms with E-state index in [0.29, 0.717) is 6.07 Å². The van der Waals surface area contributed by atoms with Crippen LogP contribution in [0.5, 0.6) is 5.75 Å². The van der Waals surface area contributed by atoms with Gasteiger partial charge in [-0.05, 0) is 6.07 Å². The van der Waals surface area contributed by atoms with Gasteiger partial charge in [-0.15, -0.1) is 13.2 Å². The first kappa shape index (κ1) is 18.0. The quantitative estimate of drug-likeness (QED) is 0.676. The molecule has 2 N–H and O–H groups in total. The Labute approximate surface area is 120 Å². The van der Waals surface area contributed by atoms with E-state index in [1.165, 1.54) is 0 Å². The maximum absolute atomic E-state index is 12.7. The molecule has 0 aromatic carbocycles. The first-order chi connectivity index (χ1) is 9.97. The number of rotatable bonds is 4. The number of alkyl halides is 6. The molecule has 0 bridgehead atoms. The van der Waals surface area contributed by atoms with Crippen molar-refractivity contribution in [3.8, 4) is 5.75 Å². The van der Waals surface area contributed by atoms with Gasteiger partial charge in [0.25, 0.3) is 0 Å². The number of aromatic nitrogens is 1. The zero-order valence-electron chi connectivity index (χ0n) is 11.0. The minimum absolute atomic E-state index is 0.335. The van der Waals surface area contributed by atoms with Crippen LogP contribution in [0.4, 0.5) is 26.3 Å². The molecule has 0 aliphatic carbocycles. The number of nitrogens with zero attached hydrogens (tertiary/aromatic N) is 1. The summed E-state index contributed by atoms with van der Waals surface area (Å²) in [5.41, 5.74) is 2.22. The van der Waals surface area contributed by atoms with Crippen LogP contribution in [-0.2, 0) is 28.7 Å². The number of hydrogen-bond donors (Lipinski definition) is 1. The number of carbonyl (C=O) groups excluding carboxylic acids is 1. The largest absolute Gasteiger partial charge is 0.573 e. The molecule has 0 atom stereocenters. The highest BCUT2D eigenvalue weighted by Crippen LogP contribution is 2.35. The molecule has 22 heavy (non-hydrogen) atoms. The molecule has 124 valence electrons. The molecule has 5 nitrogen and oxygen atoms in total. The fourth-order valence-corrected chi connectivity index (χ4v) is 1.51. The monoisotopic (exact) mass is 332 g/mol. The summed E-state index contributed by atoms with van der Waals surface area (Å²) < 4.78 is 83.0. The Hall–Kier alpha value is -2.04. The van der Waals surface area contributed by atoms with Crippen LogP contribution in [0.25, 0.3) is 0 Å². The smallest absolute Gasteiger partial charge is 0.469 e. The van der Waals surface area contributed by atoms with Gasteiger partial charge in [0.1, 0.15) is 5.69 Å². The van der Waals surface area contributed by atoms with Crippen LogP contribution < -0.4 is 10.5 Å². The lowest BCUT2D eigenvalue weighted by Gasteiger charge is -2.18. The van der Waals surface area contributed by atoms with Gasteiger partial charge in [-0.1, -0.05) is 0 Å². The van der Waals surface area contributed by atoms with Gasteiger partial charge in [-0.2, -0.15) is 13.2 Å². The van der Waals surface area contributed by atoms with Crippen LogP contribution in [0.1, 0.15) is 17.0 Å². The van der Waals surface area contributed by atoms with Crippen LogP contribution in [-0.4, -0.2) is 24.4 Å². The van der Waals surface area contributed by atoms with E-state index >= 15 is 0 Å². The molecule has 0 amide bonds. The van der Waals surface area contributed by atoms with Crippen molar-refractivity contribution in [2.45, 2.75) is 25.5 Å². The molecule has 0 saturated carbocycles. The van der Waals surface area contributed by atoms with Crippen molar-refractivity contribution in [2.75, 3.05) is 7.11 Å². The van der Waals surface area contributed by atoms with Gasteiger partial charge in [-0.25, -0.2) is 4.98 Å². The van der Waals surface area contributed by atoms with E-state index in [1.807, 2.05) is 0 Å². The fourth-order valence-electron chi connectivity index (χ4n) is 1.51. The Bertz CT molecular complexity index is 556. The predicted octanol–water partition coefficient (Wildman–Crippen LogP) is 2.17. The van der Waals surface area contributed by atoms with E-state index < -0.39 is 54.2 Å². The third kappa shape index (κ3) is 4.76. The number of ether oxygens (including phenoxy) is 2.